The first-order chi connectivity index (χ1) is 12.2. The molecule has 2 N–H and O–H groups in total. The molecule has 4 rings (SSSR count). The van der Waals surface area contributed by atoms with Crippen molar-refractivity contribution in [3.63, 3.8) is 0 Å². The number of carbonyl (C=O) groups is 1. The number of rotatable bonds is 5. The lowest BCUT2D eigenvalue weighted by Crippen LogP contribution is -2.29. The zero-order valence-electron chi connectivity index (χ0n) is 14.0. The van der Waals surface area contributed by atoms with Gasteiger partial charge in [-0.15, -0.1) is 0 Å². The summed E-state index contributed by atoms with van der Waals surface area (Å²) in [6, 6.07) is 1.86. The molecule has 2 aromatic rings. The molecule has 0 bridgehead atoms. The van der Waals surface area contributed by atoms with E-state index in [0.29, 0.717) is 30.5 Å². The zero-order valence-corrected chi connectivity index (χ0v) is 14.0. The number of carbonyl (C=O) groups excluding carboxylic acids is 1. The third kappa shape index (κ3) is 3.48. The maximum Gasteiger partial charge on any atom is 0.228 e. The molecule has 0 radical (unpaired) electrons. The fourth-order valence-corrected chi connectivity index (χ4v) is 3.71. The standard InChI is InChI=1S/C17H22N6O2/c24-14-8-12(11-22-5-2-4-20-22)7-13(14)21-15-9-19-16(10-18-15)23-6-1-3-17(23)25/h2,4-5,9-10,12-14,24H,1,3,6-8,11H2,(H,18,21)/t12?,13-,14-/m1/s1. The van der Waals surface area contributed by atoms with Gasteiger partial charge in [0.15, 0.2) is 5.82 Å². The number of aliphatic hydroxyl groups excluding tert-OH is 1. The van der Waals surface area contributed by atoms with Crippen LogP contribution in [0.1, 0.15) is 25.7 Å². The summed E-state index contributed by atoms with van der Waals surface area (Å²) in [6.07, 6.45) is 9.59. The summed E-state index contributed by atoms with van der Waals surface area (Å²) in [6.45, 7) is 1.51. The minimum Gasteiger partial charge on any atom is -0.391 e. The molecule has 0 spiro atoms. The lowest BCUT2D eigenvalue weighted by molar-refractivity contribution is -0.117. The van der Waals surface area contributed by atoms with Crippen LogP contribution in [-0.2, 0) is 11.3 Å². The van der Waals surface area contributed by atoms with Crippen molar-refractivity contribution in [2.75, 3.05) is 16.8 Å². The van der Waals surface area contributed by atoms with E-state index < -0.39 is 6.10 Å². The molecular weight excluding hydrogens is 320 g/mol. The number of hydrogen-bond acceptors (Lipinski definition) is 6. The fraction of sp³-hybridized carbons (Fsp3) is 0.529. The Labute approximate surface area is 145 Å². The Morgan fingerprint density at radius 2 is 2.20 bits per heavy atom. The molecule has 1 amide bonds. The predicted octanol–water partition coefficient (Wildman–Crippen LogP) is 1.05. The summed E-state index contributed by atoms with van der Waals surface area (Å²) in [7, 11) is 0. The van der Waals surface area contributed by atoms with Gasteiger partial charge in [0.05, 0.1) is 24.5 Å². The molecule has 3 heterocycles. The molecule has 8 heteroatoms. The summed E-state index contributed by atoms with van der Waals surface area (Å²) >= 11 is 0. The van der Waals surface area contributed by atoms with E-state index in [2.05, 4.69) is 20.4 Å². The highest BCUT2D eigenvalue weighted by Crippen LogP contribution is 2.29. The van der Waals surface area contributed by atoms with Crippen LogP contribution in [0, 0.1) is 5.92 Å². The van der Waals surface area contributed by atoms with Crippen LogP contribution in [0.3, 0.4) is 0 Å². The van der Waals surface area contributed by atoms with Crippen molar-refractivity contribution < 1.29 is 9.90 Å². The van der Waals surface area contributed by atoms with E-state index in [9.17, 15) is 9.90 Å². The van der Waals surface area contributed by atoms with Crippen molar-refractivity contribution in [3.05, 3.63) is 30.9 Å². The first-order valence-corrected chi connectivity index (χ1v) is 8.73. The van der Waals surface area contributed by atoms with Crippen LogP contribution in [0.25, 0.3) is 0 Å². The molecule has 1 saturated heterocycles. The highest BCUT2D eigenvalue weighted by molar-refractivity contribution is 5.94. The Balaban J connectivity index is 1.36. The number of aliphatic hydroxyl groups is 1. The number of nitrogens with zero attached hydrogens (tertiary/aromatic N) is 5. The summed E-state index contributed by atoms with van der Waals surface area (Å²) in [5.41, 5.74) is 0. The molecule has 0 aromatic carbocycles. The van der Waals surface area contributed by atoms with Crippen molar-refractivity contribution in [2.45, 2.75) is 44.4 Å². The monoisotopic (exact) mass is 342 g/mol. The molecular formula is C17H22N6O2. The molecule has 2 aromatic heterocycles. The van der Waals surface area contributed by atoms with Crippen LogP contribution in [0.2, 0.25) is 0 Å². The number of hydrogen-bond donors (Lipinski definition) is 2. The third-order valence-electron chi connectivity index (χ3n) is 4.95. The third-order valence-corrected chi connectivity index (χ3v) is 4.95. The Kier molecular flexibility index (Phi) is 4.35. The number of anilines is 2. The Morgan fingerprint density at radius 1 is 1.28 bits per heavy atom. The molecule has 1 aliphatic carbocycles. The molecule has 25 heavy (non-hydrogen) atoms. The Bertz CT molecular complexity index is 717. The molecule has 2 fully saturated rings. The highest BCUT2D eigenvalue weighted by Gasteiger charge is 2.33. The normalized spacial score (nSPS) is 26.4. The van der Waals surface area contributed by atoms with Crippen LogP contribution in [0.15, 0.2) is 30.9 Å². The first kappa shape index (κ1) is 16.0. The largest absolute Gasteiger partial charge is 0.391 e. The second kappa shape index (κ2) is 6.79. The SMILES string of the molecule is O=C1CCCN1c1cnc(N[C@@H]2CC(Cn3cccn3)C[C@H]2O)cn1. The van der Waals surface area contributed by atoms with Crippen LogP contribution in [-0.4, -0.2) is 49.5 Å². The van der Waals surface area contributed by atoms with Crippen LogP contribution in [0.4, 0.5) is 11.6 Å². The molecule has 1 saturated carbocycles. The van der Waals surface area contributed by atoms with Gasteiger partial charge in [0.1, 0.15) is 5.82 Å². The van der Waals surface area contributed by atoms with E-state index in [1.807, 2.05) is 16.9 Å². The summed E-state index contributed by atoms with van der Waals surface area (Å²) in [4.78, 5) is 22.1. The van der Waals surface area contributed by atoms with Gasteiger partial charge in [-0.3, -0.25) is 14.4 Å². The molecule has 132 valence electrons. The number of aromatic nitrogens is 4. The topological polar surface area (TPSA) is 96.2 Å². The molecule has 1 aliphatic heterocycles. The average Bonchev–Trinajstić information content (AvgIpc) is 3.32. The van der Waals surface area contributed by atoms with Gasteiger partial charge in [0.2, 0.25) is 5.91 Å². The van der Waals surface area contributed by atoms with E-state index in [4.69, 9.17) is 0 Å². The maximum absolute atomic E-state index is 11.8. The van der Waals surface area contributed by atoms with E-state index >= 15 is 0 Å². The van der Waals surface area contributed by atoms with Crippen molar-refractivity contribution in [1.29, 1.82) is 0 Å². The molecule has 2 aliphatic rings. The second-order valence-corrected chi connectivity index (χ2v) is 6.79. The van der Waals surface area contributed by atoms with E-state index in [1.54, 1.807) is 23.5 Å². The van der Waals surface area contributed by atoms with Crippen molar-refractivity contribution >= 4 is 17.5 Å². The lowest BCUT2D eigenvalue weighted by Gasteiger charge is -2.18. The minimum atomic E-state index is -0.415. The van der Waals surface area contributed by atoms with Crippen LogP contribution < -0.4 is 10.2 Å². The average molecular weight is 342 g/mol. The van der Waals surface area contributed by atoms with Crippen molar-refractivity contribution in [2.24, 2.45) is 5.92 Å². The van der Waals surface area contributed by atoms with E-state index in [1.165, 1.54) is 0 Å². The van der Waals surface area contributed by atoms with Crippen LogP contribution >= 0.6 is 0 Å². The molecule has 1 unspecified atom stereocenters. The summed E-state index contributed by atoms with van der Waals surface area (Å²) in [5, 5.41) is 17.8. The molecule has 8 nitrogen and oxygen atoms in total. The van der Waals surface area contributed by atoms with Gasteiger partial charge in [-0.25, -0.2) is 9.97 Å². The Morgan fingerprint density at radius 3 is 2.88 bits per heavy atom. The summed E-state index contributed by atoms with van der Waals surface area (Å²) in [5.74, 6) is 1.69. The van der Waals surface area contributed by atoms with Gasteiger partial charge in [-0.1, -0.05) is 0 Å². The number of amides is 1. The van der Waals surface area contributed by atoms with E-state index in [0.717, 1.165) is 25.8 Å². The second-order valence-electron chi connectivity index (χ2n) is 6.79. The van der Waals surface area contributed by atoms with Crippen molar-refractivity contribution in [1.82, 2.24) is 19.7 Å². The fourth-order valence-electron chi connectivity index (χ4n) is 3.71. The van der Waals surface area contributed by atoms with Gasteiger partial charge < -0.3 is 10.4 Å². The maximum atomic E-state index is 11.8. The van der Waals surface area contributed by atoms with Gasteiger partial charge in [0.25, 0.3) is 0 Å². The van der Waals surface area contributed by atoms with E-state index in [-0.39, 0.29) is 11.9 Å². The molecule has 3 atom stereocenters. The lowest BCUT2D eigenvalue weighted by atomic mass is 10.1. The first-order valence-electron chi connectivity index (χ1n) is 8.73. The highest BCUT2D eigenvalue weighted by atomic mass is 16.3. The van der Waals surface area contributed by atoms with Crippen molar-refractivity contribution in [3.8, 4) is 0 Å². The van der Waals surface area contributed by atoms with Gasteiger partial charge >= 0.3 is 0 Å². The number of nitrogens with one attached hydrogen (secondary N) is 1. The minimum absolute atomic E-state index is 0.0471. The van der Waals surface area contributed by atoms with Gasteiger partial charge in [0, 0.05) is 31.9 Å². The van der Waals surface area contributed by atoms with Gasteiger partial charge in [-0.2, -0.15) is 5.10 Å². The van der Waals surface area contributed by atoms with Gasteiger partial charge in [-0.05, 0) is 31.2 Å². The van der Waals surface area contributed by atoms with Crippen LogP contribution in [0.5, 0.6) is 0 Å². The summed E-state index contributed by atoms with van der Waals surface area (Å²) < 4.78 is 1.90. The zero-order chi connectivity index (χ0) is 17.2. The predicted molar refractivity (Wildman–Crippen MR) is 92.0 cm³/mol. The quantitative estimate of drug-likeness (QED) is 0.843. The Hall–Kier alpha value is -2.48. The smallest absolute Gasteiger partial charge is 0.228 e.